The molecule has 0 aliphatic heterocycles. The lowest BCUT2D eigenvalue weighted by atomic mass is 10.1. The summed E-state index contributed by atoms with van der Waals surface area (Å²) in [5.74, 6) is 1.18. The molecule has 0 amide bonds. The molecule has 0 unspecified atom stereocenters. The van der Waals surface area contributed by atoms with Gasteiger partial charge in [0.2, 0.25) is 0 Å². The van der Waals surface area contributed by atoms with Gasteiger partial charge in [0.25, 0.3) is 0 Å². The summed E-state index contributed by atoms with van der Waals surface area (Å²) in [7, 11) is 0. The van der Waals surface area contributed by atoms with Crippen molar-refractivity contribution in [2.75, 3.05) is 11.5 Å². The van der Waals surface area contributed by atoms with Gasteiger partial charge in [-0.3, -0.25) is 0 Å². The van der Waals surface area contributed by atoms with Gasteiger partial charge in [0, 0.05) is 22.1 Å². The lowest BCUT2D eigenvalue weighted by molar-refractivity contribution is -0.137. The van der Waals surface area contributed by atoms with Gasteiger partial charge < -0.3 is 20.8 Å². The number of hydrogen-bond acceptors (Lipinski definition) is 3. The van der Waals surface area contributed by atoms with E-state index < -0.39 is 11.7 Å². The molecule has 1 aromatic heterocycles. The number of benzene rings is 4. The van der Waals surface area contributed by atoms with Crippen molar-refractivity contribution in [1.82, 2.24) is 4.57 Å². The Labute approximate surface area is 181 Å². The Balaban J connectivity index is 1.73. The average molecular weight is 433 g/mol. The van der Waals surface area contributed by atoms with E-state index in [1.807, 2.05) is 18.2 Å². The Morgan fingerprint density at radius 3 is 2.06 bits per heavy atom. The number of rotatable bonds is 3. The molecular weight excluding hydrogens is 415 g/mol. The first-order valence-corrected chi connectivity index (χ1v) is 9.85. The lowest BCUT2D eigenvalue weighted by Crippen LogP contribution is -2.11. The second kappa shape index (κ2) is 7.23. The summed E-state index contributed by atoms with van der Waals surface area (Å²) in [4.78, 5) is 0. The van der Waals surface area contributed by atoms with Crippen LogP contribution in [-0.4, -0.2) is 4.57 Å². The van der Waals surface area contributed by atoms with Gasteiger partial charge in [0.1, 0.15) is 11.5 Å². The number of halogens is 3. The molecule has 160 valence electrons. The van der Waals surface area contributed by atoms with Crippen molar-refractivity contribution in [3.63, 3.8) is 0 Å². The van der Waals surface area contributed by atoms with Gasteiger partial charge in [0.05, 0.1) is 22.3 Å². The summed E-state index contributed by atoms with van der Waals surface area (Å²) >= 11 is 0. The third-order valence-electron chi connectivity index (χ3n) is 5.33. The smallest absolute Gasteiger partial charge is 0.418 e. The molecule has 0 bridgehead atoms. The van der Waals surface area contributed by atoms with Crippen molar-refractivity contribution in [2.45, 2.75) is 6.18 Å². The van der Waals surface area contributed by atoms with Gasteiger partial charge in [-0.05, 0) is 66.7 Å². The largest absolute Gasteiger partial charge is 0.457 e. The van der Waals surface area contributed by atoms with Gasteiger partial charge in [0.15, 0.2) is 0 Å². The van der Waals surface area contributed by atoms with Crippen molar-refractivity contribution in [1.29, 1.82) is 0 Å². The Kier molecular flexibility index (Phi) is 4.48. The van der Waals surface area contributed by atoms with Crippen LogP contribution in [0.5, 0.6) is 11.5 Å². The molecule has 5 aromatic rings. The minimum absolute atomic E-state index is 0.0186. The lowest BCUT2D eigenvalue weighted by Gasteiger charge is -2.16. The highest BCUT2D eigenvalue weighted by atomic mass is 19.4. The molecule has 0 saturated carbocycles. The molecule has 0 aliphatic carbocycles. The van der Waals surface area contributed by atoms with Crippen LogP contribution < -0.4 is 16.2 Å². The van der Waals surface area contributed by atoms with Gasteiger partial charge in [-0.25, -0.2) is 0 Å². The van der Waals surface area contributed by atoms with E-state index in [1.54, 1.807) is 53.1 Å². The Hall–Kier alpha value is -4.13. The first-order chi connectivity index (χ1) is 15.3. The molecule has 0 radical (unpaired) electrons. The molecule has 32 heavy (non-hydrogen) atoms. The van der Waals surface area contributed by atoms with Crippen LogP contribution in [-0.2, 0) is 6.18 Å². The van der Waals surface area contributed by atoms with Crippen LogP contribution in [0.2, 0.25) is 0 Å². The van der Waals surface area contributed by atoms with Crippen LogP contribution in [0.25, 0.3) is 27.5 Å². The number of anilines is 2. The molecule has 4 aromatic carbocycles. The highest BCUT2D eigenvalue weighted by molar-refractivity contribution is 6.09. The minimum Gasteiger partial charge on any atom is -0.457 e. The highest BCUT2D eigenvalue weighted by Gasteiger charge is 2.35. The topological polar surface area (TPSA) is 66.2 Å². The van der Waals surface area contributed by atoms with Crippen LogP contribution in [0.4, 0.5) is 24.5 Å². The number of nitrogen functional groups attached to an aromatic ring is 2. The van der Waals surface area contributed by atoms with Gasteiger partial charge in [-0.1, -0.05) is 18.2 Å². The molecule has 7 heteroatoms. The van der Waals surface area contributed by atoms with Gasteiger partial charge >= 0.3 is 6.18 Å². The predicted molar refractivity (Wildman–Crippen MR) is 121 cm³/mol. The maximum Gasteiger partial charge on any atom is 0.418 e. The highest BCUT2D eigenvalue weighted by Crippen LogP contribution is 2.40. The Morgan fingerprint density at radius 2 is 1.31 bits per heavy atom. The minimum atomic E-state index is -4.55. The van der Waals surface area contributed by atoms with Crippen molar-refractivity contribution >= 4 is 33.2 Å². The predicted octanol–water partition coefficient (Wildman–Crippen LogP) is 6.76. The third-order valence-corrected chi connectivity index (χ3v) is 5.33. The van der Waals surface area contributed by atoms with Crippen molar-refractivity contribution in [2.24, 2.45) is 0 Å². The van der Waals surface area contributed by atoms with Crippen LogP contribution >= 0.6 is 0 Å². The van der Waals surface area contributed by atoms with E-state index in [-0.39, 0.29) is 11.4 Å². The fourth-order valence-corrected chi connectivity index (χ4v) is 3.92. The molecule has 0 fully saturated rings. The molecule has 0 atom stereocenters. The average Bonchev–Trinajstić information content (AvgIpc) is 3.09. The van der Waals surface area contributed by atoms with E-state index in [2.05, 4.69) is 0 Å². The van der Waals surface area contributed by atoms with E-state index >= 15 is 0 Å². The fourth-order valence-electron chi connectivity index (χ4n) is 3.92. The zero-order chi connectivity index (χ0) is 22.5. The number of hydrogen-bond donors (Lipinski definition) is 2. The Morgan fingerprint density at radius 1 is 0.656 bits per heavy atom. The number of aromatic nitrogens is 1. The molecule has 1 heterocycles. The number of ether oxygens (including phenoxy) is 1. The van der Waals surface area contributed by atoms with Gasteiger partial charge in [-0.2, -0.15) is 13.2 Å². The van der Waals surface area contributed by atoms with Crippen LogP contribution in [0.15, 0.2) is 84.9 Å². The maximum atomic E-state index is 13.9. The van der Waals surface area contributed by atoms with E-state index in [0.29, 0.717) is 28.2 Å². The van der Waals surface area contributed by atoms with Gasteiger partial charge in [-0.15, -0.1) is 0 Å². The molecule has 0 spiro atoms. The standard InChI is InChI=1S/C25H18F3N3O/c26-25(27,28)21-13-16(30)7-11-24(21)31-22-4-2-1-3-19(22)20-14-18(10-12-23(20)31)32-17-8-5-15(29)6-9-17/h1-14H,29-30H2. The first-order valence-electron chi connectivity index (χ1n) is 9.85. The zero-order valence-corrected chi connectivity index (χ0v) is 16.7. The molecule has 0 aliphatic rings. The number of alkyl halides is 3. The molecule has 4 nitrogen and oxygen atoms in total. The second-order valence-electron chi connectivity index (χ2n) is 7.48. The summed E-state index contributed by atoms with van der Waals surface area (Å²) in [5.41, 5.74) is 12.6. The van der Waals surface area contributed by atoms with Crippen LogP contribution in [0.1, 0.15) is 5.56 Å². The van der Waals surface area contributed by atoms with E-state index in [4.69, 9.17) is 16.2 Å². The number of nitrogens with two attached hydrogens (primary N) is 2. The SMILES string of the molecule is Nc1ccc(Oc2ccc3c(c2)c2ccccc2n3-c2ccc(N)cc2C(F)(F)F)cc1. The number of para-hydroxylation sites is 1. The van der Waals surface area contributed by atoms with Crippen LogP contribution in [0.3, 0.4) is 0 Å². The summed E-state index contributed by atoms with van der Waals surface area (Å²) in [6.07, 6.45) is -4.55. The van der Waals surface area contributed by atoms with E-state index in [1.165, 1.54) is 12.1 Å². The summed E-state index contributed by atoms with van der Waals surface area (Å²) in [5, 5.41) is 1.59. The van der Waals surface area contributed by atoms with E-state index in [9.17, 15) is 13.2 Å². The Bertz CT molecular complexity index is 1450. The fraction of sp³-hybridized carbons (Fsp3) is 0.0400. The molecule has 5 rings (SSSR count). The maximum absolute atomic E-state index is 13.9. The first kappa shape index (κ1) is 19.8. The summed E-state index contributed by atoms with van der Waals surface area (Å²) < 4.78 is 49.1. The van der Waals surface area contributed by atoms with Crippen molar-refractivity contribution in [3.8, 4) is 17.2 Å². The normalized spacial score (nSPS) is 11.8. The second-order valence-corrected chi connectivity index (χ2v) is 7.48. The number of fused-ring (bicyclic) bond motifs is 3. The summed E-state index contributed by atoms with van der Waals surface area (Å²) in [6, 6.07) is 23.5. The quantitative estimate of drug-likeness (QED) is 0.309. The summed E-state index contributed by atoms with van der Waals surface area (Å²) in [6.45, 7) is 0. The molecule has 4 N–H and O–H groups in total. The van der Waals surface area contributed by atoms with Crippen molar-refractivity contribution < 1.29 is 17.9 Å². The molecule has 0 saturated heterocycles. The molecular formula is C25H18F3N3O. The van der Waals surface area contributed by atoms with Crippen LogP contribution in [0, 0.1) is 0 Å². The number of nitrogens with zero attached hydrogens (tertiary/aromatic N) is 1. The van der Waals surface area contributed by atoms with Crippen molar-refractivity contribution in [3.05, 3.63) is 90.5 Å². The zero-order valence-electron chi connectivity index (χ0n) is 16.7. The monoisotopic (exact) mass is 433 g/mol. The third kappa shape index (κ3) is 3.37. The van der Waals surface area contributed by atoms with E-state index in [0.717, 1.165) is 16.8 Å².